The summed E-state index contributed by atoms with van der Waals surface area (Å²) in [4.78, 5) is 11.3. The molecule has 0 bridgehead atoms. The Labute approximate surface area is 62.8 Å². The lowest BCUT2D eigenvalue weighted by molar-refractivity contribution is -0.114. The molecule has 2 atom stereocenters. The minimum Gasteiger partial charge on any atom is -0.298 e. The van der Waals surface area contributed by atoms with Gasteiger partial charge in [-0.3, -0.25) is 4.79 Å². The lowest BCUT2D eigenvalue weighted by atomic mass is 9.92. The molecule has 58 valence electrons. The van der Waals surface area contributed by atoms with Gasteiger partial charge in [0.1, 0.15) is 5.78 Å². The zero-order valence-corrected chi connectivity index (χ0v) is 7.32. The van der Waals surface area contributed by atoms with Gasteiger partial charge in [0.15, 0.2) is 0 Å². The molecule has 0 spiro atoms. The maximum Gasteiger partial charge on any atom is 0.146 e. The van der Waals surface area contributed by atoms with Gasteiger partial charge in [-0.15, -0.1) is 0 Å². The zero-order chi connectivity index (χ0) is 7.99. The van der Waals surface area contributed by atoms with Crippen LogP contribution in [0.25, 0.3) is 0 Å². The van der Waals surface area contributed by atoms with Crippen molar-refractivity contribution in [3.8, 4) is 0 Å². The van der Waals surface area contributed by atoms with E-state index < -0.39 is 0 Å². The second kappa shape index (κ2) is 1.84. The summed E-state index contributed by atoms with van der Waals surface area (Å²) in [7, 11) is 0. The van der Waals surface area contributed by atoms with Crippen molar-refractivity contribution in [3.63, 3.8) is 0 Å². The van der Waals surface area contributed by atoms with Gasteiger partial charge in [0, 0.05) is 10.8 Å². The maximum absolute atomic E-state index is 11.3. The number of ketones is 1. The summed E-state index contributed by atoms with van der Waals surface area (Å²) in [5.41, 5.74) is 0.0313. The maximum atomic E-state index is 11.3. The van der Waals surface area contributed by atoms with Crippen LogP contribution in [0.3, 0.4) is 0 Å². The normalized spacial score (nSPS) is 45.8. The van der Waals surface area contributed by atoms with E-state index in [9.17, 15) is 4.79 Å². The number of carbonyl (C=O) groups is 1. The third kappa shape index (κ3) is 0.561. The molecule has 0 amide bonds. The Morgan fingerprint density at radius 2 is 1.40 bits per heavy atom. The van der Waals surface area contributed by atoms with Crippen molar-refractivity contribution < 1.29 is 4.79 Å². The van der Waals surface area contributed by atoms with E-state index in [1.807, 2.05) is 0 Å². The van der Waals surface area contributed by atoms with Crippen LogP contribution >= 0.6 is 0 Å². The van der Waals surface area contributed by atoms with Crippen molar-refractivity contribution in [2.75, 3.05) is 0 Å². The summed E-state index contributed by atoms with van der Waals surface area (Å²) in [5, 5.41) is 0. The van der Waals surface area contributed by atoms with Gasteiger partial charge >= 0.3 is 0 Å². The van der Waals surface area contributed by atoms with Crippen LogP contribution in [-0.2, 0) is 4.79 Å². The van der Waals surface area contributed by atoms with Crippen molar-refractivity contribution in [2.45, 2.75) is 40.5 Å². The number of carbonyl (C=O) groups excluding carboxylic acids is 1. The summed E-state index contributed by atoms with van der Waals surface area (Å²) >= 11 is 0. The molecule has 1 rings (SSSR count). The van der Waals surface area contributed by atoms with Crippen molar-refractivity contribution in [1.82, 2.24) is 0 Å². The van der Waals surface area contributed by atoms with Crippen LogP contribution in [0.15, 0.2) is 0 Å². The van der Waals surface area contributed by atoms with Gasteiger partial charge in [0.25, 0.3) is 0 Å². The average Bonchev–Trinajstić information content (AvgIpc) is 2.38. The van der Waals surface area contributed by atoms with Crippen molar-refractivity contribution in [2.24, 2.45) is 10.8 Å². The van der Waals surface area contributed by atoms with Gasteiger partial charge in [-0.2, -0.15) is 0 Å². The first-order chi connectivity index (χ1) is 4.53. The highest BCUT2D eigenvalue weighted by atomic mass is 16.1. The second-order valence-electron chi connectivity index (χ2n) is 3.70. The Balaban J connectivity index is 2.81. The topological polar surface area (TPSA) is 17.1 Å². The van der Waals surface area contributed by atoms with E-state index >= 15 is 0 Å². The van der Waals surface area contributed by atoms with E-state index in [2.05, 4.69) is 27.7 Å². The number of hydrogen-bond acceptors (Lipinski definition) is 1. The van der Waals surface area contributed by atoms with Gasteiger partial charge in [0.2, 0.25) is 0 Å². The van der Waals surface area contributed by atoms with Crippen molar-refractivity contribution in [1.29, 1.82) is 0 Å². The van der Waals surface area contributed by atoms with Crippen molar-refractivity contribution >= 4 is 5.78 Å². The molecule has 0 heterocycles. The largest absolute Gasteiger partial charge is 0.298 e. The summed E-state index contributed by atoms with van der Waals surface area (Å²) in [6.07, 6.45) is 1.99. The zero-order valence-electron chi connectivity index (χ0n) is 7.32. The van der Waals surface area contributed by atoms with Crippen LogP contribution in [0.1, 0.15) is 40.5 Å². The van der Waals surface area contributed by atoms with Gasteiger partial charge in [-0.1, -0.05) is 27.7 Å². The fraction of sp³-hybridized carbons (Fsp3) is 0.889. The minimum absolute atomic E-state index is 0.0156. The standard InChI is InChI=1S/C9H16O/c1-5-8(3)7(10)9(8,4)6-2/h5-6H2,1-4H3. The Kier molecular flexibility index (Phi) is 1.43. The van der Waals surface area contributed by atoms with E-state index in [1.165, 1.54) is 0 Å². The first-order valence-electron chi connectivity index (χ1n) is 4.08. The molecule has 1 saturated carbocycles. The molecular weight excluding hydrogens is 124 g/mol. The second-order valence-corrected chi connectivity index (χ2v) is 3.70. The molecule has 0 N–H and O–H groups in total. The van der Waals surface area contributed by atoms with E-state index in [1.54, 1.807) is 0 Å². The summed E-state index contributed by atoms with van der Waals surface area (Å²) in [5.74, 6) is 0.463. The first kappa shape index (κ1) is 7.77. The molecule has 1 nitrogen and oxygen atoms in total. The van der Waals surface area contributed by atoms with Crippen LogP contribution in [0, 0.1) is 10.8 Å². The third-order valence-corrected chi connectivity index (χ3v) is 3.57. The van der Waals surface area contributed by atoms with Crippen LogP contribution in [0.4, 0.5) is 0 Å². The molecule has 0 aromatic rings. The summed E-state index contributed by atoms with van der Waals surface area (Å²) in [6.45, 7) is 8.36. The summed E-state index contributed by atoms with van der Waals surface area (Å²) < 4.78 is 0. The van der Waals surface area contributed by atoms with E-state index in [-0.39, 0.29) is 10.8 Å². The molecule has 1 heteroatoms. The highest BCUT2D eigenvalue weighted by Gasteiger charge is 2.68. The molecular formula is C9H16O. The van der Waals surface area contributed by atoms with Crippen LogP contribution in [0.2, 0.25) is 0 Å². The van der Waals surface area contributed by atoms with Gasteiger partial charge < -0.3 is 0 Å². The van der Waals surface area contributed by atoms with Gasteiger partial charge in [-0.25, -0.2) is 0 Å². The smallest absolute Gasteiger partial charge is 0.146 e. The highest BCUT2D eigenvalue weighted by Crippen LogP contribution is 2.63. The molecule has 0 aromatic heterocycles. The van der Waals surface area contributed by atoms with E-state index in [4.69, 9.17) is 0 Å². The first-order valence-corrected chi connectivity index (χ1v) is 4.08. The average molecular weight is 140 g/mol. The van der Waals surface area contributed by atoms with Gasteiger partial charge in [-0.05, 0) is 12.8 Å². The lowest BCUT2D eigenvalue weighted by Gasteiger charge is -2.09. The summed E-state index contributed by atoms with van der Waals surface area (Å²) in [6, 6.07) is 0. The van der Waals surface area contributed by atoms with E-state index in [0.29, 0.717) is 5.78 Å². The highest BCUT2D eigenvalue weighted by molar-refractivity contribution is 6.07. The minimum atomic E-state index is 0.0156. The number of Topliss-reactive ketones (excluding diaryl/α,β-unsaturated/α-hetero) is 1. The Morgan fingerprint density at radius 3 is 1.50 bits per heavy atom. The molecule has 0 saturated heterocycles. The number of rotatable bonds is 2. The van der Waals surface area contributed by atoms with Crippen LogP contribution < -0.4 is 0 Å². The molecule has 0 radical (unpaired) electrons. The molecule has 1 aliphatic rings. The van der Waals surface area contributed by atoms with Crippen LogP contribution in [0.5, 0.6) is 0 Å². The molecule has 0 aromatic carbocycles. The molecule has 0 aliphatic heterocycles. The molecule has 1 aliphatic carbocycles. The fourth-order valence-electron chi connectivity index (χ4n) is 1.88. The molecule has 10 heavy (non-hydrogen) atoms. The molecule has 1 fully saturated rings. The van der Waals surface area contributed by atoms with Crippen molar-refractivity contribution in [3.05, 3.63) is 0 Å². The Bertz CT molecular complexity index is 156. The molecule has 2 unspecified atom stereocenters. The fourth-order valence-corrected chi connectivity index (χ4v) is 1.88. The SMILES string of the molecule is CCC1(C)C(=O)C1(C)CC. The Morgan fingerprint density at radius 1 is 1.10 bits per heavy atom. The third-order valence-electron chi connectivity index (χ3n) is 3.57. The lowest BCUT2D eigenvalue weighted by Crippen LogP contribution is -2.04. The monoisotopic (exact) mass is 140 g/mol. The quantitative estimate of drug-likeness (QED) is 0.575. The van der Waals surface area contributed by atoms with Crippen LogP contribution in [-0.4, -0.2) is 5.78 Å². The predicted molar refractivity (Wildman–Crippen MR) is 41.8 cm³/mol. The predicted octanol–water partition coefficient (Wildman–Crippen LogP) is 2.40. The number of hydrogen-bond donors (Lipinski definition) is 0. The Hall–Kier alpha value is -0.330. The van der Waals surface area contributed by atoms with Gasteiger partial charge in [0.05, 0.1) is 0 Å². The van der Waals surface area contributed by atoms with E-state index in [0.717, 1.165) is 12.8 Å².